The largest absolute Gasteiger partial charge is 0.324 e. The van der Waals surface area contributed by atoms with Crippen LogP contribution < -0.4 is 5.32 Å². The topological polar surface area (TPSA) is 56.1 Å². The Morgan fingerprint density at radius 2 is 2.54 bits per heavy atom. The lowest BCUT2D eigenvalue weighted by Gasteiger charge is -2.30. The summed E-state index contributed by atoms with van der Waals surface area (Å²) >= 11 is 0. The Hall–Kier alpha value is -1.08. The Kier molecular flexibility index (Phi) is 3.71. The van der Waals surface area contributed by atoms with Crippen LogP contribution in [0.5, 0.6) is 0 Å². The smallest absolute Gasteiger partial charge is 0.237 e. The van der Waals surface area contributed by atoms with Crippen molar-refractivity contribution >= 4 is 5.91 Å². The number of rotatable bonds is 3. The van der Waals surface area contributed by atoms with Gasteiger partial charge >= 0.3 is 0 Å². The van der Waals surface area contributed by atoms with Crippen molar-refractivity contribution in [3.05, 3.63) is 0 Å². The summed E-state index contributed by atoms with van der Waals surface area (Å²) in [7, 11) is 0. The maximum atomic E-state index is 11.4. The molecule has 0 radical (unpaired) electrons. The van der Waals surface area contributed by atoms with Gasteiger partial charge in [0.2, 0.25) is 5.91 Å². The lowest BCUT2D eigenvalue weighted by Crippen LogP contribution is -2.52. The number of piperazine rings is 1. The van der Waals surface area contributed by atoms with Crippen LogP contribution in [-0.2, 0) is 4.79 Å². The quantitative estimate of drug-likeness (QED) is 0.672. The van der Waals surface area contributed by atoms with Crippen molar-refractivity contribution in [1.29, 1.82) is 5.26 Å². The van der Waals surface area contributed by atoms with Crippen molar-refractivity contribution < 1.29 is 4.79 Å². The third-order valence-corrected chi connectivity index (χ3v) is 2.21. The molecule has 0 aromatic carbocycles. The van der Waals surface area contributed by atoms with Crippen LogP contribution in [0.25, 0.3) is 0 Å². The molecule has 4 heteroatoms. The highest BCUT2D eigenvalue weighted by Gasteiger charge is 2.24. The fourth-order valence-corrected chi connectivity index (χ4v) is 1.51. The first kappa shape index (κ1) is 10.0. The van der Waals surface area contributed by atoms with Crippen LogP contribution in [0, 0.1) is 11.3 Å². The van der Waals surface area contributed by atoms with Gasteiger partial charge in [0, 0.05) is 13.1 Å². The molecule has 1 aliphatic rings. The molecular formula is C9H15N3O. The van der Waals surface area contributed by atoms with Gasteiger partial charge in [-0.1, -0.05) is 13.3 Å². The van der Waals surface area contributed by atoms with E-state index in [0.717, 1.165) is 19.4 Å². The van der Waals surface area contributed by atoms with Crippen molar-refractivity contribution in [3.8, 4) is 6.07 Å². The molecule has 1 aliphatic heterocycles. The fourth-order valence-electron chi connectivity index (χ4n) is 1.51. The van der Waals surface area contributed by atoms with Gasteiger partial charge in [0.25, 0.3) is 0 Å². The van der Waals surface area contributed by atoms with E-state index in [4.69, 9.17) is 5.26 Å². The summed E-state index contributed by atoms with van der Waals surface area (Å²) in [5.74, 6) is 0.0475. The zero-order chi connectivity index (χ0) is 9.68. The fraction of sp³-hybridized carbons (Fsp3) is 0.778. The number of amides is 1. The van der Waals surface area contributed by atoms with Gasteiger partial charge < -0.3 is 10.2 Å². The third kappa shape index (κ3) is 2.43. The lowest BCUT2D eigenvalue weighted by atomic mass is 10.1. The van der Waals surface area contributed by atoms with Gasteiger partial charge in [-0.2, -0.15) is 5.26 Å². The van der Waals surface area contributed by atoms with Crippen LogP contribution in [0.2, 0.25) is 0 Å². The molecule has 1 saturated heterocycles. The van der Waals surface area contributed by atoms with Crippen LogP contribution in [0.4, 0.5) is 0 Å². The van der Waals surface area contributed by atoms with E-state index in [1.807, 2.05) is 6.92 Å². The van der Waals surface area contributed by atoms with Crippen molar-refractivity contribution in [2.24, 2.45) is 0 Å². The normalized spacial score (nSPS) is 19.7. The summed E-state index contributed by atoms with van der Waals surface area (Å²) < 4.78 is 0. The highest BCUT2D eigenvalue weighted by molar-refractivity contribution is 5.79. The highest BCUT2D eigenvalue weighted by atomic mass is 16.2. The van der Waals surface area contributed by atoms with E-state index >= 15 is 0 Å². The molecular weight excluding hydrogens is 166 g/mol. The molecule has 0 aromatic rings. The average molecular weight is 181 g/mol. The number of carbonyl (C=O) groups excluding carboxylic acids is 1. The first-order chi connectivity index (χ1) is 6.29. The number of carbonyl (C=O) groups is 1. The van der Waals surface area contributed by atoms with Gasteiger partial charge in [-0.15, -0.1) is 0 Å². The van der Waals surface area contributed by atoms with Gasteiger partial charge in [0.05, 0.1) is 12.6 Å². The second kappa shape index (κ2) is 4.83. The first-order valence-electron chi connectivity index (χ1n) is 4.69. The molecule has 1 unspecified atom stereocenters. The maximum Gasteiger partial charge on any atom is 0.237 e. The van der Waals surface area contributed by atoms with E-state index in [2.05, 4.69) is 11.4 Å². The van der Waals surface area contributed by atoms with Gasteiger partial charge in [0.15, 0.2) is 0 Å². The Bertz CT molecular complexity index is 221. The SMILES string of the molecule is CCCC(C#N)N1CCNCC1=O. The van der Waals surface area contributed by atoms with E-state index in [0.29, 0.717) is 13.1 Å². The number of hydrogen-bond acceptors (Lipinski definition) is 3. The van der Waals surface area contributed by atoms with Crippen LogP contribution >= 0.6 is 0 Å². The Morgan fingerprint density at radius 1 is 1.77 bits per heavy atom. The molecule has 1 amide bonds. The molecule has 0 aromatic heterocycles. The number of nitriles is 1. The van der Waals surface area contributed by atoms with E-state index in [1.54, 1.807) is 4.90 Å². The third-order valence-electron chi connectivity index (χ3n) is 2.21. The maximum absolute atomic E-state index is 11.4. The minimum absolute atomic E-state index is 0.0475. The van der Waals surface area contributed by atoms with Gasteiger partial charge in [-0.25, -0.2) is 0 Å². The van der Waals surface area contributed by atoms with E-state index in [1.165, 1.54) is 0 Å². The van der Waals surface area contributed by atoms with Crippen molar-refractivity contribution in [2.75, 3.05) is 19.6 Å². The number of hydrogen-bond donors (Lipinski definition) is 1. The van der Waals surface area contributed by atoms with Gasteiger partial charge in [0.1, 0.15) is 6.04 Å². The van der Waals surface area contributed by atoms with Crippen LogP contribution in [0.1, 0.15) is 19.8 Å². The van der Waals surface area contributed by atoms with Crippen molar-refractivity contribution in [2.45, 2.75) is 25.8 Å². The Labute approximate surface area is 78.5 Å². The average Bonchev–Trinajstić information content (AvgIpc) is 2.16. The highest BCUT2D eigenvalue weighted by Crippen LogP contribution is 2.07. The predicted molar refractivity (Wildman–Crippen MR) is 48.9 cm³/mol. The molecule has 1 atom stereocenters. The molecule has 0 spiro atoms. The van der Waals surface area contributed by atoms with Crippen molar-refractivity contribution in [1.82, 2.24) is 10.2 Å². The van der Waals surface area contributed by atoms with E-state index in [9.17, 15) is 4.79 Å². The standard InChI is InChI=1S/C9H15N3O/c1-2-3-8(6-10)12-5-4-11-7-9(12)13/h8,11H,2-5,7H2,1H3. The number of nitrogens with zero attached hydrogens (tertiary/aromatic N) is 2. The molecule has 0 saturated carbocycles. The molecule has 0 bridgehead atoms. The molecule has 1 N–H and O–H groups in total. The van der Waals surface area contributed by atoms with Gasteiger partial charge in [-0.3, -0.25) is 4.79 Å². The van der Waals surface area contributed by atoms with Crippen LogP contribution in [0.3, 0.4) is 0 Å². The van der Waals surface area contributed by atoms with Crippen molar-refractivity contribution in [3.63, 3.8) is 0 Å². The van der Waals surface area contributed by atoms with Crippen LogP contribution in [-0.4, -0.2) is 36.5 Å². The first-order valence-corrected chi connectivity index (χ1v) is 4.69. The lowest BCUT2D eigenvalue weighted by molar-refractivity contribution is -0.133. The second-order valence-corrected chi connectivity index (χ2v) is 3.20. The summed E-state index contributed by atoms with van der Waals surface area (Å²) in [5, 5.41) is 11.8. The molecule has 13 heavy (non-hydrogen) atoms. The predicted octanol–water partition coefficient (Wildman–Crippen LogP) is 0.110. The molecule has 4 nitrogen and oxygen atoms in total. The monoisotopic (exact) mass is 181 g/mol. The second-order valence-electron chi connectivity index (χ2n) is 3.20. The van der Waals surface area contributed by atoms with Gasteiger partial charge in [-0.05, 0) is 6.42 Å². The molecule has 0 aliphatic carbocycles. The summed E-state index contributed by atoms with van der Waals surface area (Å²) in [4.78, 5) is 13.1. The zero-order valence-electron chi connectivity index (χ0n) is 7.92. The summed E-state index contributed by atoms with van der Waals surface area (Å²) in [6, 6.07) is 1.96. The molecule has 1 rings (SSSR count). The van der Waals surface area contributed by atoms with E-state index in [-0.39, 0.29) is 11.9 Å². The van der Waals surface area contributed by atoms with E-state index < -0.39 is 0 Å². The zero-order valence-corrected chi connectivity index (χ0v) is 7.92. The Morgan fingerprint density at radius 3 is 3.08 bits per heavy atom. The summed E-state index contributed by atoms with van der Waals surface area (Å²) in [6.45, 7) is 3.86. The minimum atomic E-state index is -0.223. The summed E-state index contributed by atoms with van der Waals surface area (Å²) in [6.07, 6.45) is 1.72. The van der Waals surface area contributed by atoms with Crippen LogP contribution in [0.15, 0.2) is 0 Å². The summed E-state index contributed by atoms with van der Waals surface area (Å²) in [5.41, 5.74) is 0. The Balaban J connectivity index is 2.56. The minimum Gasteiger partial charge on any atom is -0.324 e. The molecule has 1 heterocycles. The number of nitrogens with one attached hydrogen (secondary N) is 1. The molecule has 72 valence electrons. The molecule has 1 fully saturated rings.